The fourth-order valence-corrected chi connectivity index (χ4v) is 2.47. The number of nitrogens with zero attached hydrogens (tertiary/aromatic N) is 4. The van der Waals surface area contributed by atoms with E-state index in [1.807, 2.05) is 36.5 Å². The number of benzene rings is 2. The van der Waals surface area contributed by atoms with Crippen LogP contribution >= 0.6 is 0 Å². The molecule has 0 radical (unpaired) electrons. The number of rotatable bonds is 4. The van der Waals surface area contributed by atoms with E-state index in [0.29, 0.717) is 22.5 Å². The van der Waals surface area contributed by atoms with Gasteiger partial charge in [-0.25, -0.2) is 19.0 Å². The van der Waals surface area contributed by atoms with E-state index in [-0.39, 0.29) is 5.75 Å². The summed E-state index contributed by atoms with van der Waals surface area (Å²) in [6.45, 7) is 0. The van der Waals surface area contributed by atoms with Crippen LogP contribution in [0.4, 0.5) is 4.39 Å². The molecule has 2 heterocycles. The van der Waals surface area contributed by atoms with Crippen LogP contribution < -0.4 is 9.47 Å². The predicted molar refractivity (Wildman–Crippen MR) is 89.7 cm³/mol. The second-order valence-corrected chi connectivity index (χ2v) is 5.23. The predicted octanol–water partition coefficient (Wildman–Crippen LogP) is 3.76. The number of hydrogen-bond donors (Lipinski definition) is 0. The van der Waals surface area contributed by atoms with Gasteiger partial charge in [0, 0.05) is 18.5 Å². The number of methoxy groups -OCH3 is 1. The van der Waals surface area contributed by atoms with Crippen molar-refractivity contribution in [1.82, 2.24) is 19.7 Å². The standard InChI is InChI=1S/C18H13FN4O2/c1-24-17-9-14-16(10-15(17)19)20-11-21-18(14)25-13-5-3-12(4-6-13)23-8-2-7-22-23/h2-11H,1H3. The Labute approximate surface area is 142 Å². The van der Waals surface area contributed by atoms with Gasteiger partial charge in [0.2, 0.25) is 5.88 Å². The van der Waals surface area contributed by atoms with Gasteiger partial charge in [0.1, 0.15) is 12.1 Å². The van der Waals surface area contributed by atoms with E-state index in [9.17, 15) is 4.39 Å². The molecule has 0 fully saturated rings. The van der Waals surface area contributed by atoms with Crippen molar-refractivity contribution >= 4 is 10.9 Å². The zero-order valence-corrected chi connectivity index (χ0v) is 13.3. The summed E-state index contributed by atoms with van der Waals surface area (Å²) in [7, 11) is 1.41. The molecule has 6 nitrogen and oxygen atoms in total. The van der Waals surface area contributed by atoms with Crippen molar-refractivity contribution in [2.75, 3.05) is 7.11 Å². The topological polar surface area (TPSA) is 62.1 Å². The third-order valence-corrected chi connectivity index (χ3v) is 3.69. The van der Waals surface area contributed by atoms with Crippen LogP contribution in [0.25, 0.3) is 16.6 Å². The van der Waals surface area contributed by atoms with Crippen LogP contribution in [0.5, 0.6) is 17.4 Å². The van der Waals surface area contributed by atoms with Crippen molar-refractivity contribution in [3.8, 4) is 23.1 Å². The number of fused-ring (bicyclic) bond motifs is 1. The van der Waals surface area contributed by atoms with Gasteiger partial charge < -0.3 is 9.47 Å². The molecule has 25 heavy (non-hydrogen) atoms. The lowest BCUT2D eigenvalue weighted by molar-refractivity contribution is 0.387. The molecule has 0 bridgehead atoms. The first kappa shape index (κ1) is 15.1. The molecule has 4 rings (SSSR count). The van der Waals surface area contributed by atoms with E-state index in [2.05, 4.69) is 15.1 Å². The molecule has 0 N–H and O–H groups in total. The molecule has 0 unspecified atom stereocenters. The Morgan fingerprint density at radius 2 is 1.92 bits per heavy atom. The number of halogens is 1. The van der Waals surface area contributed by atoms with Crippen molar-refractivity contribution in [2.45, 2.75) is 0 Å². The highest BCUT2D eigenvalue weighted by atomic mass is 19.1. The first-order valence-corrected chi connectivity index (χ1v) is 7.51. The van der Waals surface area contributed by atoms with Crippen LogP contribution in [0.3, 0.4) is 0 Å². The molecule has 124 valence electrons. The van der Waals surface area contributed by atoms with Gasteiger partial charge in [-0.1, -0.05) is 0 Å². The molecule has 0 atom stereocenters. The van der Waals surface area contributed by atoms with E-state index in [1.54, 1.807) is 10.9 Å². The van der Waals surface area contributed by atoms with Crippen LogP contribution in [0, 0.1) is 5.82 Å². The normalized spacial score (nSPS) is 10.8. The molecule has 0 spiro atoms. The molecular weight excluding hydrogens is 323 g/mol. The average molecular weight is 336 g/mol. The lowest BCUT2D eigenvalue weighted by atomic mass is 10.2. The van der Waals surface area contributed by atoms with Gasteiger partial charge in [0.25, 0.3) is 0 Å². The lowest BCUT2D eigenvalue weighted by Gasteiger charge is -2.10. The summed E-state index contributed by atoms with van der Waals surface area (Å²) >= 11 is 0. The minimum atomic E-state index is -0.483. The van der Waals surface area contributed by atoms with Crippen LogP contribution in [-0.2, 0) is 0 Å². The number of hydrogen-bond acceptors (Lipinski definition) is 5. The summed E-state index contributed by atoms with van der Waals surface area (Å²) in [5.41, 5.74) is 1.35. The summed E-state index contributed by atoms with van der Waals surface area (Å²) in [4.78, 5) is 8.22. The molecule has 0 saturated carbocycles. The van der Waals surface area contributed by atoms with E-state index in [1.165, 1.54) is 25.6 Å². The Hall–Kier alpha value is -3.48. The fraction of sp³-hybridized carbons (Fsp3) is 0.0556. The maximum Gasteiger partial charge on any atom is 0.230 e. The minimum Gasteiger partial charge on any atom is -0.494 e. The number of ether oxygens (including phenoxy) is 2. The molecule has 0 amide bonds. The molecule has 2 aromatic carbocycles. The maximum absolute atomic E-state index is 13.8. The van der Waals surface area contributed by atoms with Gasteiger partial charge in [0.15, 0.2) is 11.6 Å². The van der Waals surface area contributed by atoms with Crippen molar-refractivity contribution in [2.24, 2.45) is 0 Å². The van der Waals surface area contributed by atoms with Crippen molar-refractivity contribution in [3.63, 3.8) is 0 Å². The monoisotopic (exact) mass is 336 g/mol. The fourth-order valence-electron chi connectivity index (χ4n) is 2.47. The Bertz CT molecular complexity index is 1020. The first-order valence-electron chi connectivity index (χ1n) is 7.51. The van der Waals surface area contributed by atoms with Crippen molar-refractivity contribution < 1.29 is 13.9 Å². The van der Waals surface area contributed by atoms with Crippen molar-refractivity contribution in [1.29, 1.82) is 0 Å². The van der Waals surface area contributed by atoms with Gasteiger partial charge in [-0.05, 0) is 36.4 Å². The summed E-state index contributed by atoms with van der Waals surface area (Å²) < 4.78 is 26.4. The zero-order chi connectivity index (χ0) is 17.2. The Kier molecular flexibility index (Phi) is 3.74. The highest BCUT2D eigenvalue weighted by Gasteiger charge is 2.12. The second kappa shape index (κ2) is 6.20. The summed E-state index contributed by atoms with van der Waals surface area (Å²) in [6.07, 6.45) is 4.90. The van der Waals surface area contributed by atoms with Gasteiger partial charge in [-0.15, -0.1) is 0 Å². The molecule has 4 aromatic rings. The summed E-state index contributed by atoms with van der Waals surface area (Å²) in [5.74, 6) is 0.554. The van der Waals surface area contributed by atoms with Gasteiger partial charge in [-0.2, -0.15) is 5.10 Å². The van der Waals surface area contributed by atoms with E-state index in [0.717, 1.165) is 5.69 Å². The Morgan fingerprint density at radius 3 is 2.64 bits per heavy atom. The van der Waals surface area contributed by atoms with Gasteiger partial charge >= 0.3 is 0 Å². The highest BCUT2D eigenvalue weighted by molar-refractivity contribution is 5.85. The largest absolute Gasteiger partial charge is 0.494 e. The number of aromatic nitrogens is 4. The Morgan fingerprint density at radius 1 is 1.08 bits per heavy atom. The molecule has 2 aromatic heterocycles. The first-order chi connectivity index (χ1) is 12.2. The maximum atomic E-state index is 13.8. The Balaban J connectivity index is 1.68. The molecule has 0 aliphatic rings. The molecule has 7 heteroatoms. The third kappa shape index (κ3) is 2.87. The third-order valence-electron chi connectivity index (χ3n) is 3.69. The lowest BCUT2D eigenvalue weighted by Crippen LogP contribution is -1.96. The van der Waals surface area contributed by atoms with Crippen LogP contribution in [0.1, 0.15) is 0 Å². The molecular formula is C18H13FN4O2. The van der Waals surface area contributed by atoms with E-state index < -0.39 is 5.82 Å². The smallest absolute Gasteiger partial charge is 0.230 e. The van der Waals surface area contributed by atoms with Crippen LogP contribution in [0.15, 0.2) is 61.2 Å². The molecule has 0 saturated heterocycles. The van der Waals surface area contributed by atoms with Crippen LogP contribution in [0.2, 0.25) is 0 Å². The van der Waals surface area contributed by atoms with Crippen molar-refractivity contribution in [3.05, 3.63) is 67.0 Å². The van der Waals surface area contributed by atoms with Gasteiger partial charge in [-0.3, -0.25) is 0 Å². The summed E-state index contributed by atoms with van der Waals surface area (Å²) in [5, 5.41) is 4.74. The molecule has 0 aliphatic carbocycles. The summed E-state index contributed by atoms with van der Waals surface area (Å²) in [6, 6.07) is 12.1. The molecule has 0 aliphatic heterocycles. The van der Waals surface area contributed by atoms with E-state index in [4.69, 9.17) is 9.47 Å². The van der Waals surface area contributed by atoms with Gasteiger partial charge in [0.05, 0.1) is 23.7 Å². The highest BCUT2D eigenvalue weighted by Crippen LogP contribution is 2.31. The quantitative estimate of drug-likeness (QED) is 0.568. The average Bonchev–Trinajstić information content (AvgIpc) is 3.17. The SMILES string of the molecule is COc1cc2c(Oc3ccc(-n4cccn4)cc3)ncnc2cc1F. The second-order valence-electron chi connectivity index (χ2n) is 5.23. The van der Waals surface area contributed by atoms with E-state index >= 15 is 0 Å². The zero-order valence-electron chi connectivity index (χ0n) is 13.3. The minimum absolute atomic E-state index is 0.112. The van der Waals surface area contributed by atoms with Crippen LogP contribution in [-0.4, -0.2) is 26.9 Å².